The van der Waals surface area contributed by atoms with E-state index in [1.165, 1.54) is 0 Å². The third-order valence-electron chi connectivity index (χ3n) is 1.48. The standard InChI is InChI=1S/C11H13N/c1-2-3-6-10-7-4-5-8-11(12)9-10/h3-8H,2,12H2,1H3/b6-3-. The molecule has 0 heterocycles. The second-order valence-electron chi connectivity index (χ2n) is 2.56. The van der Waals surface area contributed by atoms with Gasteiger partial charge >= 0.3 is 0 Å². The molecule has 1 rings (SSSR count). The molecule has 0 aliphatic heterocycles. The van der Waals surface area contributed by atoms with Gasteiger partial charge in [0.25, 0.3) is 0 Å². The van der Waals surface area contributed by atoms with Gasteiger partial charge in [0.15, 0.2) is 0 Å². The summed E-state index contributed by atoms with van der Waals surface area (Å²) in [7, 11) is 0. The summed E-state index contributed by atoms with van der Waals surface area (Å²) in [5.74, 6) is 0. The van der Waals surface area contributed by atoms with E-state index >= 15 is 0 Å². The Bertz CT molecular complexity index is 297. The van der Waals surface area contributed by atoms with Gasteiger partial charge in [0.1, 0.15) is 0 Å². The molecule has 0 aromatic rings. The number of allylic oxidation sites excluding steroid dienone is 6. The van der Waals surface area contributed by atoms with Gasteiger partial charge in [-0.2, -0.15) is 0 Å². The van der Waals surface area contributed by atoms with Crippen LogP contribution in [0.3, 0.4) is 0 Å². The lowest BCUT2D eigenvalue weighted by atomic mass is 10.2. The fraction of sp³-hybridized carbons (Fsp3) is 0.182. The van der Waals surface area contributed by atoms with Crippen LogP contribution in [-0.2, 0) is 0 Å². The molecule has 0 aromatic carbocycles. The molecule has 1 heteroatoms. The molecule has 0 saturated heterocycles. The summed E-state index contributed by atoms with van der Waals surface area (Å²) >= 11 is 0. The fourth-order valence-electron chi connectivity index (χ4n) is 0.910. The van der Waals surface area contributed by atoms with E-state index in [0.29, 0.717) is 5.70 Å². The zero-order valence-corrected chi connectivity index (χ0v) is 7.25. The topological polar surface area (TPSA) is 26.0 Å². The monoisotopic (exact) mass is 159 g/mol. The summed E-state index contributed by atoms with van der Waals surface area (Å²) in [6, 6.07) is 0. The van der Waals surface area contributed by atoms with E-state index in [1.54, 1.807) is 0 Å². The maximum absolute atomic E-state index is 5.62. The molecule has 0 fully saturated rings. The van der Waals surface area contributed by atoms with Crippen LogP contribution in [0.4, 0.5) is 0 Å². The van der Waals surface area contributed by atoms with Crippen molar-refractivity contribution >= 4 is 0 Å². The lowest BCUT2D eigenvalue weighted by molar-refractivity contribution is 1.22. The van der Waals surface area contributed by atoms with Crippen molar-refractivity contribution in [3.05, 3.63) is 53.5 Å². The van der Waals surface area contributed by atoms with E-state index in [2.05, 4.69) is 18.7 Å². The maximum Gasteiger partial charge on any atom is 0.0753 e. The number of hydrogen-bond acceptors (Lipinski definition) is 1. The molecule has 12 heavy (non-hydrogen) atoms. The van der Waals surface area contributed by atoms with Crippen LogP contribution in [-0.4, -0.2) is 0 Å². The van der Waals surface area contributed by atoms with Crippen LogP contribution in [0.5, 0.6) is 0 Å². The molecule has 62 valence electrons. The molecule has 0 bridgehead atoms. The van der Waals surface area contributed by atoms with Crippen LogP contribution in [0.15, 0.2) is 53.5 Å². The zero-order chi connectivity index (χ0) is 8.81. The van der Waals surface area contributed by atoms with Crippen molar-refractivity contribution in [3.8, 4) is 0 Å². The highest BCUT2D eigenvalue weighted by Crippen LogP contribution is 2.03. The minimum absolute atomic E-state index is 0.677. The van der Waals surface area contributed by atoms with Crippen molar-refractivity contribution in [2.45, 2.75) is 13.3 Å². The van der Waals surface area contributed by atoms with Crippen molar-refractivity contribution < 1.29 is 0 Å². The van der Waals surface area contributed by atoms with Gasteiger partial charge in [-0.15, -0.1) is 0 Å². The first kappa shape index (κ1) is 8.63. The quantitative estimate of drug-likeness (QED) is 0.615. The minimum atomic E-state index is 0.677. The first-order valence-electron chi connectivity index (χ1n) is 4.10. The SMILES string of the molecule is CC/C=C\C1=C=C(N)C=CC=C1. The molecular formula is C11H13N. The van der Waals surface area contributed by atoms with Crippen LogP contribution in [0.1, 0.15) is 13.3 Å². The van der Waals surface area contributed by atoms with Crippen LogP contribution in [0.25, 0.3) is 0 Å². The minimum Gasteiger partial charge on any atom is -0.392 e. The van der Waals surface area contributed by atoms with E-state index in [1.807, 2.05) is 30.4 Å². The van der Waals surface area contributed by atoms with Crippen LogP contribution >= 0.6 is 0 Å². The lowest BCUT2D eigenvalue weighted by Crippen LogP contribution is -1.89. The van der Waals surface area contributed by atoms with E-state index in [4.69, 9.17) is 5.73 Å². The van der Waals surface area contributed by atoms with E-state index < -0.39 is 0 Å². The molecule has 0 radical (unpaired) electrons. The molecule has 0 spiro atoms. The zero-order valence-electron chi connectivity index (χ0n) is 7.25. The lowest BCUT2D eigenvalue weighted by Gasteiger charge is -1.86. The van der Waals surface area contributed by atoms with Gasteiger partial charge in [-0.25, -0.2) is 0 Å². The molecule has 0 atom stereocenters. The van der Waals surface area contributed by atoms with Crippen molar-refractivity contribution in [1.82, 2.24) is 0 Å². The average Bonchev–Trinajstić information content (AvgIpc) is 2.26. The fourth-order valence-corrected chi connectivity index (χ4v) is 0.910. The van der Waals surface area contributed by atoms with Crippen molar-refractivity contribution in [1.29, 1.82) is 0 Å². The molecule has 0 saturated carbocycles. The van der Waals surface area contributed by atoms with Crippen LogP contribution in [0, 0.1) is 0 Å². The first-order chi connectivity index (χ1) is 5.83. The Hall–Kier alpha value is -1.46. The van der Waals surface area contributed by atoms with Gasteiger partial charge in [-0.1, -0.05) is 37.0 Å². The predicted octanol–water partition coefficient (Wildman–Crippen LogP) is 2.45. The highest BCUT2D eigenvalue weighted by molar-refractivity contribution is 5.37. The second kappa shape index (κ2) is 4.42. The predicted molar refractivity (Wildman–Crippen MR) is 52.4 cm³/mol. The van der Waals surface area contributed by atoms with E-state index in [-0.39, 0.29) is 0 Å². The van der Waals surface area contributed by atoms with Crippen LogP contribution in [0.2, 0.25) is 0 Å². The molecule has 0 aromatic heterocycles. The highest BCUT2D eigenvalue weighted by Gasteiger charge is 1.87. The largest absolute Gasteiger partial charge is 0.392 e. The molecular weight excluding hydrogens is 146 g/mol. The summed E-state index contributed by atoms with van der Waals surface area (Å²) in [5.41, 5.74) is 10.4. The summed E-state index contributed by atoms with van der Waals surface area (Å²) in [5, 5.41) is 0. The maximum atomic E-state index is 5.62. The molecule has 2 N–H and O–H groups in total. The third-order valence-corrected chi connectivity index (χ3v) is 1.48. The molecule has 1 aliphatic carbocycles. The molecule has 0 unspecified atom stereocenters. The Balaban J connectivity index is 2.89. The Morgan fingerprint density at radius 1 is 1.42 bits per heavy atom. The summed E-state index contributed by atoms with van der Waals surface area (Å²) in [4.78, 5) is 0. The van der Waals surface area contributed by atoms with Crippen LogP contribution < -0.4 is 5.73 Å². The van der Waals surface area contributed by atoms with Gasteiger partial charge in [-0.3, -0.25) is 0 Å². The van der Waals surface area contributed by atoms with Gasteiger partial charge < -0.3 is 5.73 Å². The smallest absolute Gasteiger partial charge is 0.0753 e. The Kier molecular flexibility index (Phi) is 3.18. The number of nitrogens with two attached hydrogens (primary N) is 1. The summed E-state index contributed by atoms with van der Waals surface area (Å²) in [6.45, 7) is 2.10. The average molecular weight is 159 g/mol. The Morgan fingerprint density at radius 2 is 2.17 bits per heavy atom. The van der Waals surface area contributed by atoms with Crippen molar-refractivity contribution in [2.24, 2.45) is 5.73 Å². The second-order valence-corrected chi connectivity index (χ2v) is 2.56. The first-order valence-corrected chi connectivity index (χ1v) is 4.10. The van der Waals surface area contributed by atoms with E-state index in [9.17, 15) is 0 Å². The van der Waals surface area contributed by atoms with Gasteiger partial charge in [0.2, 0.25) is 0 Å². The van der Waals surface area contributed by atoms with Gasteiger partial charge in [0.05, 0.1) is 5.70 Å². The molecule has 1 nitrogen and oxygen atoms in total. The number of hydrogen-bond donors (Lipinski definition) is 1. The summed E-state index contributed by atoms with van der Waals surface area (Å²) < 4.78 is 0. The Morgan fingerprint density at radius 3 is 2.92 bits per heavy atom. The molecule has 0 amide bonds. The van der Waals surface area contributed by atoms with Crippen molar-refractivity contribution in [2.75, 3.05) is 0 Å². The van der Waals surface area contributed by atoms with Gasteiger partial charge in [0, 0.05) is 5.57 Å². The highest BCUT2D eigenvalue weighted by atomic mass is 14.5. The van der Waals surface area contributed by atoms with E-state index in [0.717, 1.165) is 12.0 Å². The number of rotatable bonds is 2. The summed E-state index contributed by atoms with van der Waals surface area (Å²) in [6.07, 6.45) is 12.8. The van der Waals surface area contributed by atoms with Crippen molar-refractivity contribution in [3.63, 3.8) is 0 Å². The Labute approximate surface area is 73.3 Å². The van der Waals surface area contributed by atoms with Gasteiger partial charge in [-0.05, 0) is 18.6 Å². The molecule has 1 aliphatic rings. The normalized spacial score (nSPS) is 16.1. The third kappa shape index (κ3) is 2.65.